The first-order chi connectivity index (χ1) is 9.47. The van der Waals surface area contributed by atoms with Gasteiger partial charge in [0.2, 0.25) is 0 Å². The van der Waals surface area contributed by atoms with Crippen molar-refractivity contribution >= 4 is 33.4 Å². The molecule has 0 aliphatic carbocycles. The quantitative estimate of drug-likeness (QED) is 0.892. The third-order valence-corrected chi connectivity index (χ3v) is 5.01. The first kappa shape index (κ1) is 15.8. The molecule has 0 aromatic heterocycles. The molecular weight excluding hydrogens is 340 g/mol. The van der Waals surface area contributed by atoms with Gasteiger partial charge in [0.05, 0.1) is 5.02 Å². The summed E-state index contributed by atoms with van der Waals surface area (Å²) in [5.74, 6) is -0.0394. The minimum absolute atomic E-state index is 0.0394. The fraction of sp³-hybridized carbons (Fsp3) is 0.533. The summed E-state index contributed by atoms with van der Waals surface area (Å²) in [5.41, 5.74) is 0.615. The third kappa shape index (κ3) is 3.96. The van der Waals surface area contributed by atoms with E-state index in [9.17, 15) is 4.79 Å². The second-order valence-electron chi connectivity index (χ2n) is 5.51. The summed E-state index contributed by atoms with van der Waals surface area (Å²) in [6.45, 7) is 6.51. The van der Waals surface area contributed by atoms with E-state index in [-0.39, 0.29) is 11.9 Å². The lowest BCUT2D eigenvalue weighted by atomic mass is 10.0. The summed E-state index contributed by atoms with van der Waals surface area (Å²) in [6, 6.07) is 6.13. The van der Waals surface area contributed by atoms with Crippen molar-refractivity contribution in [2.24, 2.45) is 0 Å². The van der Waals surface area contributed by atoms with Gasteiger partial charge in [0.1, 0.15) is 0 Å². The minimum atomic E-state index is -0.0394. The molecule has 1 N–H and O–H groups in total. The summed E-state index contributed by atoms with van der Waals surface area (Å²) in [7, 11) is 0. The lowest BCUT2D eigenvalue weighted by Crippen LogP contribution is -2.46. The van der Waals surface area contributed by atoms with E-state index < -0.39 is 0 Å². The molecule has 2 rings (SSSR count). The monoisotopic (exact) mass is 358 g/mol. The lowest BCUT2D eigenvalue weighted by Gasteiger charge is -2.34. The molecule has 0 saturated carbocycles. The van der Waals surface area contributed by atoms with Crippen LogP contribution in [-0.2, 0) is 0 Å². The number of benzene rings is 1. The van der Waals surface area contributed by atoms with Crippen LogP contribution < -0.4 is 5.32 Å². The van der Waals surface area contributed by atoms with Crippen molar-refractivity contribution in [1.82, 2.24) is 10.2 Å². The van der Waals surface area contributed by atoms with Gasteiger partial charge in [-0.15, -0.1) is 0 Å². The second-order valence-corrected chi connectivity index (χ2v) is 6.77. The fourth-order valence-corrected chi connectivity index (χ4v) is 2.89. The van der Waals surface area contributed by atoms with Crippen molar-refractivity contribution in [2.45, 2.75) is 38.8 Å². The molecule has 5 heteroatoms. The van der Waals surface area contributed by atoms with E-state index in [4.69, 9.17) is 11.6 Å². The zero-order chi connectivity index (χ0) is 14.7. The maximum atomic E-state index is 12.2. The standard InChI is InChI=1S/C15H20BrClN2O/c1-10(2)19-7-5-12(6-8-19)18-15(20)11-3-4-13(16)14(17)9-11/h3-4,9-10,12H,5-8H2,1-2H3,(H,18,20). The number of piperidine rings is 1. The van der Waals surface area contributed by atoms with Crippen molar-refractivity contribution in [3.63, 3.8) is 0 Å². The number of nitrogens with zero attached hydrogens (tertiary/aromatic N) is 1. The van der Waals surface area contributed by atoms with Gasteiger partial charge in [-0.05, 0) is 60.8 Å². The highest BCUT2D eigenvalue weighted by atomic mass is 79.9. The molecule has 1 aromatic rings. The Kier molecular flexibility index (Phi) is 5.47. The molecule has 1 heterocycles. The molecule has 0 bridgehead atoms. The topological polar surface area (TPSA) is 32.3 Å². The predicted molar refractivity (Wildman–Crippen MR) is 86.3 cm³/mol. The zero-order valence-electron chi connectivity index (χ0n) is 11.8. The summed E-state index contributed by atoms with van der Waals surface area (Å²) >= 11 is 9.35. The Morgan fingerprint density at radius 1 is 1.40 bits per heavy atom. The molecule has 0 atom stereocenters. The van der Waals surface area contributed by atoms with Crippen LogP contribution in [0.5, 0.6) is 0 Å². The highest BCUT2D eigenvalue weighted by Gasteiger charge is 2.22. The molecule has 0 radical (unpaired) electrons. The van der Waals surface area contributed by atoms with Crippen LogP contribution in [0, 0.1) is 0 Å². The van der Waals surface area contributed by atoms with Gasteiger partial charge in [0, 0.05) is 35.2 Å². The smallest absolute Gasteiger partial charge is 0.251 e. The van der Waals surface area contributed by atoms with Crippen LogP contribution in [0.1, 0.15) is 37.0 Å². The number of hydrogen-bond acceptors (Lipinski definition) is 2. The molecule has 0 unspecified atom stereocenters. The molecule has 1 aliphatic rings. The van der Waals surface area contributed by atoms with Gasteiger partial charge in [-0.3, -0.25) is 4.79 Å². The summed E-state index contributed by atoms with van der Waals surface area (Å²) in [5, 5.41) is 3.66. The van der Waals surface area contributed by atoms with Gasteiger partial charge in [-0.1, -0.05) is 11.6 Å². The molecule has 1 amide bonds. The molecule has 1 saturated heterocycles. The normalized spacial score (nSPS) is 17.4. The number of amides is 1. The molecule has 1 fully saturated rings. The van der Waals surface area contributed by atoms with Gasteiger partial charge < -0.3 is 10.2 Å². The first-order valence-corrected chi connectivity index (χ1v) is 8.14. The van der Waals surface area contributed by atoms with Crippen LogP contribution in [-0.4, -0.2) is 36.0 Å². The number of likely N-dealkylation sites (tertiary alicyclic amines) is 1. The van der Waals surface area contributed by atoms with Crippen molar-refractivity contribution in [3.05, 3.63) is 33.3 Å². The Balaban J connectivity index is 1.91. The molecule has 20 heavy (non-hydrogen) atoms. The van der Waals surface area contributed by atoms with Gasteiger partial charge in [0.15, 0.2) is 0 Å². The van der Waals surface area contributed by atoms with Gasteiger partial charge in [0.25, 0.3) is 5.91 Å². The van der Waals surface area contributed by atoms with Crippen molar-refractivity contribution in [1.29, 1.82) is 0 Å². The maximum absolute atomic E-state index is 12.2. The van der Waals surface area contributed by atoms with Crippen LogP contribution in [0.2, 0.25) is 5.02 Å². The Morgan fingerprint density at radius 3 is 2.60 bits per heavy atom. The van der Waals surface area contributed by atoms with Crippen molar-refractivity contribution in [3.8, 4) is 0 Å². The number of hydrogen-bond donors (Lipinski definition) is 1. The molecule has 3 nitrogen and oxygen atoms in total. The minimum Gasteiger partial charge on any atom is -0.349 e. The Morgan fingerprint density at radius 2 is 2.05 bits per heavy atom. The molecular formula is C15H20BrClN2O. The SMILES string of the molecule is CC(C)N1CCC(NC(=O)c2ccc(Br)c(Cl)c2)CC1. The summed E-state index contributed by atoms with van der Waals surface area (Å²) in [6.07, 6.45) is 2.02. The highest BCUT2D eigenvalue weighted by molar-refractivity contribution is 9.10. The largest absolute Gasteiger partial charge is 0.349 e. The van der Waals surface area contributed by atoms with Crippen LogP contribution in [0.3, 0.4) is 0 Å². The van der Waals surface area contributed by atoms with Crippen molar-refractivity contribution < 1.29 is 4.79 Å². The van der Waals surface area contributed by atoms with E-state index in [1.165, 1.54) is 0 Å². The van der Waals surface area contributed by atoms with E-state index >= 15 is 0 Å². The number of carbonyl (C=O) groups is 1. The van der Waals surface area contributed by atoms with E-state index in [0.29, 0.717) is 16.6 Å². The first-order valence-electron chi connectivity index (χ1n) is 6.97. The predicted octanol–water partition coefficient (Wildman–Crippen LogP) is 3.71. The number of carbonyl (C=O) groups excluding carboxylic acids is 1. The van der Waals surface area contributed by atoms with Crippen LogP contribution in [0.4, 0.5) is 0 Å². The number of rotatable bonds is 3. The zero-order valence-corrected chi connectivity index (χ0v) is 14.2. The average molecular weight is 360 g/mol. The lowest BCUT2D eigenvalue weighted by molar-refractivity contribution is 0.0900. The van der Waals surface area contributed by atoms with Gasteiger partial charge in [-0.25, -0.2) is 0 Å². The highest BCUT2D eigenvalue weighted by Crippen LogP contribution is 2.23. The van der Waals surface area contributed by atoms with Crippen LogP contribution in [0.15, 0.2) is 22.7 Å². The third-order valence-electron chi connectivity index (χ3n) is 3.78. The molecule has 110 valence electrons. The maximum Gasteiger partial charge on any atom is 0.251 e. The van der Waals surface area contributed by atoms with Crippen LogP contribution in [0.25, 0.3) is 0 Å². The second kappa shape index (κ2) is 6.92. The van der Waals surface area contributed by atoms with E-state index in [0.717, 1.165) is 30.4 Å². The molecule has 0 spiro atoms. The van der Waals surface area contributed by atoms with E-state index in [1.807, 2.05) is 0 Å². The van der Waals surface area contributed by atoms with E-state index in [1.54, 1.807) is 18.2 Å². The Labute approximate surface area is 133 Å². The number of halogens is 2. The summed E-state index contributed by atoms with van der Waals surface area (Å²) in [4.78, 5) is 14.6. The fourth-order valence-electron chi connectivity index (χ4n) is 2.47. The Hall–Kier alpha value is -0.580. The summed E-state index contributed by atoms with van der Waals surface area (Å²) < 4.78 is 0.806. The van der Waals surface area contributed by atoms with Gasteiger partial charge >= 0.3 is 0 Å². The van der Waals surface area contributed by atoms with Gasteiger partial charge in [-0.2, -0.15) is 0 Å². The Bertz CT molecular complexity index is 485. The number of nitrogens with one attached hydrogen (secondary N) is 1. The van der Waals surface area contributed by atoms with Crippen LogP contribution >= 0.6 is 27.5 Å². The molecule has 1 aromatic carbocycles. The van der Waals surface area contributed by atoms with Crippen molar-refractivity contribution in [2.75, 3.05) is 13.1 Å². The average Bonchev–Trinajstić information content (AvgIpc) is 2.42. The molecule has 1 aliphatic heterocycles. The van der Waals surface area contributed by atoms with E-state index in [2.05, 4.69) is 40.0 Å².